The van der Waals surface area contributed by atoms with Crippen molar-refractivity contribution >= 4 is 15.9 Å². The number of carbonyl (C=O) groups excluding carboxylic acids is 1. The van der Waals surface area contributed by atoms with Gasteiger partial charge in [-0.15, -0.1) is 6.42 Å². The van der Waals surface area contributed by atoms with E-state index in [1.807, 2.05) is 0 Å². The van der Waals surface area contributed by atoms with E-state index in [0.29, 0.717) is 11.3 Å². The number of benzene rings is 2. The van der Waals surface area contributed by atoms with Crippen molar-refractivity contribution < 1.29 is 22.3 Å². The van der Waals surface area contributed by atoms with Crippen LogP contribution in [0.25, 0.3) is 0 Å². The maximum absolute atomic E-state index is 13.1. The van der Waals surface area contributed by atoms with Crippen molar-refractivity contribution in [1.82, 2.24) is 14.2 Å². The Morgan fingerprint density at radius 1 is 1.00 bits per heavy atom. The quantitative estimate of drug-likeness (QED) is 0.541. The normalized spacial score (nSPS) is 14.5. The fourth-order valence-electron chi connectivity index (χ4n) is 3.40. The van der Waals surface area contributed by atoms with Gasteiger partial charge in [-0.25, -0.2) is 17.8 Å². The lowest BCUT2D eigenvalue weighted by atomic mass is 10.2. The van der Waals surface area contributed by atoms with E-state index in [2.05, 4.69) is 10.9 Å². The van der Waals surface area contributed by atoms with E-state index in [9.17, 15) is 17.6 Å². The number of hydrogen-bond donors (Lipinski definition) is 0. The fourth-order valence-corrected chi connectivity index (χ4v) is 4.87. The number of amides is 1. The minimum Gasteiger partial charge on any atom is -0.439 e. The van der Waals surface area contributed by atoms with Gasteiger partial charge in [-0.1, -0.05) is 18.1 Å². The Bertz CT molecular complexity index is 1310. The first-order chi connectivity index (χ1) is 15.9. The zero-order valence-corrected chi connectivity index (χ0v) is 18.3. The summed E-state index contributed by atoms with van der Waals surface area (Å²) in [5.41, 5.74) is 0.659. The van der Waals surface area contributed by atoms with Crippen LogP contribution in [0.2, 0.25) is 0 Å². The Kier molecular flexibility index (Phi) is 6.40. The first-order valence-corrected chi connectivity index (χ1v) is 11.6. The van der Waals surface area contributed by atoms with Crippen LogP contribution in [-0.2, 0) is 10.0 Å². The lowest BCUT2D eigenvalue weighted by Crippen LogP contribution is -2.50. The predicted molar refractivity (Wildman–Crippen MR) is 120 cm³/mol. The molecule has 1 fully saturated rings. The molecule has 0 saturated carbocycles. The van der Waals surface area contributed by atoms with Gasteiger partial charge in [-0.2, -0.15) is 4.31 Å². The average Bonchev–Trinajstić information content (AvgIpc) is 2.85. The van der Waals surface area contributed by atoms with Crippen LogP contribution >= 0.6 is 0 Å². The molecule has 0 unspecified atom stereocenters. The molecule has 2 aromatic carbocycles. The Hall–Kier alpha value is -3.74. The molecule has 0 bridgehead atoms. The largest absolute Gasteiger partial charge is 0.439 e. The predicted octanol–water partition coefficient (Wildman–Crippen LogP) is 3.14. The van der Waals surface area contributed by atoms with Gasteiger partial charge in [-0.05, 0) is 48.5 Å². The van der Waals surface area contributed by atoms with Crippen LogP contribution in [0.1, 0.15) is 16.1 Å². The molecule has 3 aromatic rings. The topological polar surface area (TPSA) is 79.8 Å². The van der Waals surface area contributed by atoms with Gasteiger partial charge in [0.1, 0.15) is 17.3 Å². The Labute approximate surface area is 191 Å². The minimum atomic E-state index is -3.72. The molecule has 1 aliphatic rings. The number of aromatic nitrogens is 1. The number of ether oxygens (including phenoxy) is 1. The Morgan fingerprint density at radius 3 is 2.39 bits per heavy atom. The number of hydrogen-bond acceptors (Lipinski definition) is 5. The molecule has 0 spiro atoms. The van der Waals surface area contributed by atoms with Crippen molar-refractivity contribution in [3.8, 4) is 24.0 Å². The van der Waals surface area contributed by atoms with Crippen molar-refractivity contribution in [3.63, 3.8) is 0 Å². The highest BCUT2D eigenvalue weighted by Gasteiger charge is 2.31. The molecule has 168 valence electrons. The zero-order valence-electron chi connectivity index (χ0n) is 17.5. The smallest absolute Gasteiger partial charge is 0.272 e. The number of sulfonamides is 1. The third kappa shape index (κ3) is 5.03. The molecule has 1 aliphatic heterocycles. The number of halogens is 1. The van der Waals surface area contributed by atoms with Gasteiger partial charge in [0.05, 0.1) is 4.90 Å². The molecule has 33 heavy (non-hydrogen) atoms. The van der Waals surface area contributed by atoms with E-state index in [-0.39, 0.29) is 54.4 Å². The van der Waals surface area contributed by atoms with Crippen molar-refractivity contribution in [2.24, 2.45) is 0 Å². The average molecular weight is 466 g/mol. The fraction of sp³-hybridized carbons (Fsp3) is 0.167. The summed E-state index contributed by atoms with van der Waals surface area (Å²) in [6, 6.07) is 16.5. The minimum absolute atomic E-state index is 0.130. The molecular weight excluding hydrogens is 445 g/mol. The number of rotatable bonds is 5. The van der Waals surface area contributed by atoms with E-state index in [4.69, 9.17) is 11.2 Å². The number of nitrogens with zero attached hydrogens (tertiary/aromatic N) is 3. The van der Waals surface area contributed by atoms with E-state index in [1.54, 1.807) is 35.2 Å². The van der Waals surface area contributed by atoms with Crippen LogP contribution in [0.15, 0.2) is 71.6 Å². The van der Waals surface area contributed by atoms with Gasteiger partial charge in [-0.3, -0.25) is 4.79 Å². The van der Waals surface area contributed by atoms with Gasteiger partial charge >= 0.3 is 0 Å². The number of piperazine rings is 1. The van der Waals surface area contributed by atoms with E-state index >= 15 is 0 Å². The van der Waals surface area contributed by atoms with Gasteiger partial charge in [0.15, 0.2) is 0 Å². The SMILES string of the molecule is C#Cc1cccc(S(=O)(=O)N2CCN(C(=O)c3cccc(Oc4ccc(F)cc4)n3)CC2)c1. The summed E-state index contributed by atoms with van der Waals surface area (Å²) in [7, 11) is -3.72. The van der Waals surface area contributed by atoms with Crippen molar-refractivity contribution in [1.29, 1.82) is 0 Å². The molecule has 9 heteroatoms. The summed E-state index contributed by atoms with van der Waals surface area (Å²) in [5, 5.41) is 0. The summed E-state index contributed by atoms with van der Waals surface area (Å²) in [6.45, 7) is 0.746. The number of pyridine rings is 1. The lowest BCUT2D eigenvalue weighted by molar-refractivity contribution is 0.0691. The Morgan fingerprint density at radius 2 is 1.70 bits per heavy atom. The number of terminal acetylenes is 1. The summed E-state index contributed by atoms with van der Waals surface area (Å²) >= 11 is 0. The van der Waals surface area contributed by atoms with Gasteiger partial charge in [0.2, 0.25) is 15.9 Å². The van der Waals surface area contributed by atoms with Crippen molar-refractivity contribution in [2.75, 3.05) is 26.2 Å². The molecular formula is C24H20FN3O4S. The molecule has 0 atom stereocenters. The summed E-state index contributed by atoms with van der Waals surface area (Å²) in [6.07, 6.45) is 5.37. The monoisotopic (exact) mass is 465 g/mol. The summed E-state index contributed by atoms with van der Waals surface area (Å²) in [4.78, 5) is 18.8. The van der Waals surface area contributed by atoms with Crippen LogP contribution in [0.4, 0.5) is 4.39 Å². The highest BCUT2D eigenvalue weighted by atomic mass is 32.2. The maximum atomic E-state index is 13.1. The maximum Gasteiger partial charge on any atom is 0.272 e. The molecule has 1 saturated heterocycles. The van der Waals surface area contributed by atoms with Gasteiger partial charge in [0.25, 0.3) is 5.91 Å². The molecule has 4 rings (SSSR count). The van der Waals surface area contributed by atoms with Crippen molar-refractivity contribution in [2.45, 2.75) is 4.90 Å². The molecule has 1 amide bonds. The summed E-state index contributed by atoms with van der Waals surface area (Å²) < 4.78 is 45.9. The van der Waals surface area contributed by atoms with E-state index in [0.717, 1.165) is 0 Å². The van der Waals surface area contributed by atoms with Gasteiger partial charge in [0, 0.05) is 37.8 Å². The second kappa shape index (κ2) is 9.40. The third-order valence-electron chi connectivity index (χ3n) is 5.14. The first-order valence-electron chi connectivity index (χ1n) is 10.1. The molecule has 0 radical (unpaired) electrons. The van der Waals surface area contributed by atoms with E-state index in [1.165, 1.54) is 40.7 Å². The van der Waals surface area contributed by atoms with Gasteiger partial charge < -0.3 is 9.64 Å². The van der Waals surface area contributed by atoms with Crippen molar-refractivity contribution in [3.05, 3.63) is 83.8 Å². The lowest BCUT2D eigenvalue weighted by Gasteiger charge is -2.33. The molecule has 0 aliphatic carbocycles. The molecule has 7 nitrogen and oxygen atoms in total. The van der Waals surface area contributed by atoms with Crippen LogP contribution in [-0.4, -0.2) is 54.7 Å². The Balaban J connectivity index is 1.42. The molecule has 1 aromatic heterocycles. The van der Waals surface area contributed by atoms with E-state index < -0.39 is 10.0 Å². The third-order valence-corrected chi connectivity index (χ3v) is 7.04. The molecule has 2 heterocycles. The highest BCUT2D eigenvalue weighted by molar-refractivity contribution is 7.89. The second-order valence-electron chi connectivity index (χ2n) is 7.29. The van der Waals surface area contributed by atoms with Crippen LogP contribution in [0.5, 0.6) is 11.6 Å². The standard InChI is InChI=1S/C24H20FN3O4S/c1-2-18-5-3-6-21(17-18)33(30,31)28-15-13-27(14-16-28)24(29)22-7-4-8-23(26-22)32-20-11-9-19(25)10-12-20/h1,3-12,17H,13-16H2. The molecule has 0 N–H and O–H groups in total. The first kappa shape index (κ1) is 22.5. The van der Waals surface area contributed by atoms with Crippen LogP contribution in [0, 0.1) is 18.2 Å². The zero-order chi connectivity index (χ0) is 23.4. The van der Waals surface area contributed by atoms with Crippen LogP contribution in [0.3, 0.4) is 0 Å². The number of carbonyl (C=O) groups is 1. The highest BCUT2D eigenvalue weighted by Crippen LogP contribution is 2.22. The summed E-state index contributed by atoms with van der Waals surface area (Å²) in [5.74, 6) is 2.31. The second-order valence-corrected chi connectivity index (χ2v) is 9.22. The van der Waals surface area contributed by atoms with Crippen LogP contribution < -0.4 is 4.74 Å².